The Morgan fingerprint density at radius 3 is 1.17 bits per heavy atom. The maximum absolute atomic E-state index is 12.2. The number of aliphatic hydroxyl groups excluding tert-OH is 2. The average Bonchev–Trinajstić information content (AvgIpc) is 0.819. The number of aromatic nitrogens is 2. The van der Waals surface area contributed by atoms with Crippen LogP contribution in [-0.2, 0) is 48.9 Å². The minimum Gasteiger partial charge on any atom is -0.506 e. The summed E-state index contributed by atoms with van der Waals surface area (Å²) in [4.78, 5) is 26.3. The summed E-state index contributed by atoms with van der Waals surface area (Å²) in [5, 5.41) is 37.6. The number of phenols is 1. The van der Waals surface area contributed by atoms with Gasteiger partial charge in [0.25, 0.3) is 0 Å². The topological polar surface area (TPSA) is 205 Å². The van der Waals surface area contributed by atoms with Gasteiger partial charge in [0.1, 0.15) is 23.6 Å². The van der Waals surface area contributed by atoms with Crippen LogP contribution >= 0.6 is 11.6 Å². The van der Waals surface area contributed by atoms with E-state index in [1.165, 1.54) is 72.3 Å². The molecule has 1 saturated heterocycles. The third kappa shape index (κ3) is 54.7. The number of halogens is 1. The van der Waals surface area contributed by atoms with Crippen molar-refractivity contribution in [1.29, 1.82) is 5.26 Å². The molecule has 10 aromatic carbocycles. The molecule has 7 N–H and O–H groups in total. The van der Waals surface area contributed by atoms with Gasteiger partial charge in [-0.25, -0.2) is 14.6 Å². The van der Waals surface area contributed by atoms with Crippen molar-refractivity contribution in [3.05, 3.63) is 390 Å². The van der Waals surface area contributed by atoms with Gasteiger partial charge in [0.2, 0.25) is 0 Å². The molecule has 0 amide bonds. The van der Waals surface area contributed by atoms with Gasteiger partial charge in [-0.05, 0) is 185 Å². The monoisotopic (exact) mass is 1880 g/mol. The number of carbonyl (C=O) groups is 1. The molecule has 14 heteroatoms. The van der Waals surface area contributed by atoms with Gasteiger partial charge in [-0.15, -0.1) is 0 Å². The van der Waals surface area contributed by atoms with Crippen molar-refractivity contribution < 1.29 is 29.6 Å². The number of hydrogen-bond donors (Lipinski definition) is 5. The van der Waals surface area contributed by atoms with Crippen LogP contribution in [0.15, 0.2) is 273 Å². The number of para-hydroxylation sites is 1. The first-order valence-electron chi connectivity index (χ1n) is 44.1. The van der Waals surface area contributed by atoms with Gasteiger partial charge in [-0.1, -0.05) is 456 Å². The number of morpholine rings is 1. The quantitative estimate of drug-likeness (QED) is 0.0379. The smallest absolute Gasteiger partial charge is 0.357 e. The number of nitriles is 1. The molecule has 3 heterocycles. The number of esters is 1. The Kier molecular flexibility index (Phi) is 80.7. The summed E-state index contributed by atoms with van der Waals surface area (Å²) < 4.78 is 10.7. The van der Waals surface area contributed by atoms with E-state index in [0.717, 1.165) is 71.2 Å². The van der Waals surface area contributed by atoms with Crippen molar-refractivity contribution >= 4 is 34.2 Å². The number of aliphatic hydroxyl groups is 2. The van der Waals surface area contributed by atoms with Gasteiger partial charge in [0, 0.05) is 55.5 Å². The van der Waals surface area contributed by atoms with E-state index in [2.05, 4.69) is 280 Å². The highest BCUT2D eigenvalue weighted by Crippen LogP contribution is 2.27. The van der Waals surface area contributed by atoms with E-state index >= 15 is 0 Å². The van der Waals surface area contributed by atoms with Gasteiger partial charge in [-0.2, -0.15) is 5.26 Å². The van der Waals surface area contributed by atoms with Crippen molar-refractivity contribution in [3.63, 3.8) is 0 Å². The van der Waals surface area contributed by atoms with Gasteiger partial charge >= 0.3 is 5.97 Å². The summed E-state index contributed by atoms with van der Waals surface area (Å²) in [6.45, 7) is 56.8. The van der Waals surface area contributed by atoms with Crippen LogP contribution < -0.4 is 11.5 Å². The molecule has 13 rings (SSSR count). The van der Waals surface area contributed by atoms with Crippen LogP contribution in [0.3, 0.4) is 0 Å². The summed E-state index contributed by atoms with van der Waals surface area (Å²) in [5.74, 6) is 5.13. The maximum Gasteiger partial charge on any atom is 0.357 e. The molecule has 0 radical (unpaired) electrons. The Morgan fingerprint density at radius 2 is 0.779 bits per heavy atom. The predicted octanol–water partition coefficient (Wildman–Crippen LogP) is 34.9. The normalized spacial score (nSPS) is 10.4. The van der Waals surface area contributed by atoms with E-state index < -0.39 is 5.97 Å². The average molecular weight is 1880 g/mol. The first-order chi connectivity index (χ1) is 59.7. The fourth-order valence-electron chi connectivity index (χ4n) is 12.2. The number of benzene rings is 10. The number of pyridine rings is 2. The zero-order valence-electron chi connectivity index (χ0n) is 78.2. The summed E-state index contributed by atoms with van der Waals surface area (Å²) in [7, 11) is 0. The minimum absolute atomic E-state index is 0. The van der Waals surface area contributed by atoms with E-state index in [1.54, 1.807) is 30.5 Å². The van der Waals surface area contributed by atoms with Crippen molar-refractivity contribution in [2.75, 3.05) is 26.3 Å². The lowest BCUT2D eigenvalue weighted by Gasteiger charge is -2.26. The Bertz CT molecular complexity index is 4980. The van der Waals surface area contributed by atoms with Crippen LogP contribution in [0.2, 0.25) is 5.02 Å². The number of ether oxygens (including phenoxy) is 2. The van der Waals surface area contributed by atoms with Crippen LogP contribution in [-0.4, -0.2) is 62.5 Å². The zero-order valence-corrected chi connectivity index (χ0v) is 78.9. The number of nitrogens with zero attached hydrogens (tertiary/aromatic N) is 5. The molecular weight excluding hydrogens is 1690 g/mol. The lowest BCUT2D eigenvalue weighted by atomic mass is 10.0. The van der Waals surface area contributed by atoms with Crippen molar-refractivity contribution in [2.24, 2.45) is 11.5 Å². The summed E-state index contributed by atoms with van der Waals surface area (Å²) in [6, 6.07) is 88.1. The van der Waals surface area contributed by atoms with Gasteiger partial charge in [0.15, 0.2) is 5.69 Å². The predicted molar refractivity (Wildman–Crippen MR) is 599 cm³/mol. The van der Waals surface area contributed by atoms with Crippen LogP contribution in [0.5, 0.6) is 5.75 Å². The van der Waals surface area contributed by atoms with Crippen molar-refractivity contribution in [1.82, 2.24) is 14.9 Å². The molecule has 0 unspecified atom stereocenters. The zero-order chi connectivity index (χ0) is 92.3. The highest BCUT2D eigenvalue weighted by atomic mass is 35.5. The number of fused-ring (bicyclic) bond motifs is 1. The molecule has 0 spiro atoms. The van der Waals surface area contributed by atoms with E-state index in [0.29, 0.717) is 77.8 Å². The molecule has 2 aromatic heterocycles. The highest BCUT2D eigenvalue weighted by molar-refractivity contribution is 6.30. The number of phenolic OH excluding ortho intramolecular Hbond substituents is 1. The van der Waals surface area contributed by atoms with Crippen LogP contribution in [0.4, 0.5) is 5.69 Å². The highest BCUT2D eigenvalue weighted by Gasteiger charge is 2.15. The summed E-state index contributed by atoms with van der Waals surface area (Å²) in [5.41, 5.74) is 32.9. The van der Waals surface area contributed by atoms with Gasteiger partial charge < -0.3 is 36.3 Å². The number of carbonyl (C=O) groups excluding carboxylic acids is 1. The van der Waals surface area contributed by atoms with Crippen LogP contribution in [0.1, 0.15) is 384 Å². The third-order valence-electron chi connectivity index (χ3n) is 20.6. The standard InChI is InChI=1S/C20H19NO3.C14H21NO.C10H11N.C10H15N.C10H11N.C10H15N.2C10H14O.C9H11Cl.C8H11N.11CH4/c1-13(2)16-7-3-5-14(11-16)12-24-20(23)17-10-9-15-6-4-8-18(22)19(15)21-17;1-12(2)14-5-3-4-13(10-14)11-15-6-8-16-9-7-15;1-8(2)9-5-4-6-10(7-9)11-3;2*1-8(2)10-5-3-9(7-11)4-6-10;1-8(2)10-5-3-4-9(6-10)7-11;1-8(2)10-5-3-9(7-11)4-6-10;1-8(2)10-5-3-4-9(6-10)7-11;1-7(2)8-4-3-5-9(10)6-8;1-7(2)8-4-3-5-9-6-8;;;;;;;;;;;/h3-11,13,22H,12H2,1-2H3;3-5,10,12H,6-9,11H2,1-2H3;4-8H,1-2H3;3-6,8H,7,11H2,1-2H3;3-6,8H,1-2H3;3-6,8H,7,11H2,1-2H3;2*3-6,8,11H,7H2,1-2H3;3-7H,1-2H3;3-7H,1-2H3;11*1H4. The van der Waals surface area contributed by atoms with E-state index in [-0.39, 0.29) is 113 Å². The van der Waals surface area contributed by atoms with Crippen LogP contribution in [0.25, 0.3) is 15.7 Å². The number of hydrogen-bond acceptors (Lipinski definition) is 12. The number of rotatable bonds is 19. The molecule has 12 aromatic rings. The first kappa shape index (κ1) is 140. The Labute approximate surface area is 836 Å². The van der Waals surface area contributed by atoms with E-state index in [9.17, 15) is 9.90 Å². The Hall–Kier alpha value is -10.9. The van der Waals surface area contributed by atoms with E-state index in [4.69, 9.17) is 54.6 Å². The third-order valence-corrected chi connectivity index (χ3v) is 20.9. The molecule has 1 fully saturated rings. The molecule has 0 aliphatic carbocycles. The van der Waals surface area contributed by atoms with Crippen LogP contribution in [0, 0.1) is 17.9 Å². The Morgan fingerprint density at radius 1 is 0.419 bits per heavy atom. The van der Waals surface area contributed by atoms with E-state index in [1.807, 2.05) is 128 Å². The molecule has 0 atom stereocenters. The lowest BCUT2D eigenvalue weighted by Crippen LogP contribution is -2.35. The van der Waals surface area contributed by atoms with Crippen molar-refractivity contribution in [2.45, 2.75) is 319 Å². The second-order valence-electron chi connectivity index (χ2n) is 34.0. The number of aromatic hydroxyl groups is 1. The fraction of sp³-hybridized carbons (Fsp3) is 0.418. The van der Waals surface area contributed by atoms with Crippen molar-refractivity contribution in [3.8, 4) is 11.8 Å². The second-order valence-corrected chi connectivity index (χ2v) is 34.5. The lowest BCUT2D eigenvalue weighted by molar-refractivity contribution is 0.0342. The second kappa shape index (κ2) is 78.1. The molecule has 0 bridgehead atoms. The maximum atomic E-state index is 12.2. The first-order valence-corrected chi connectivity index (χ1v) is 44.4. The SMILES string of the molecule is C.C.C.C.C.C.C.C.C.C.C.CC(C)c1ccc(C#N)cc1.CC(C)c1ccc(CN)cc1.CC(C)c1ccc(CO)cc1.CC(C)c1cccc(CN)c1.CC(C)c1cccc(CN2CCOCC2)c1.CC(C)c1cccc(CO)c1.CC(C)c1cccc(COC(=O)c2ccc3cccc(O)c3n2)c1.CC(C)c1cccc(Cl)c1.CC(C)c1cccnc1.[C-]#[N+]c1cccc(C(C)C)c1. The van der Waals surface area contributed by atoms with Gasteiger partial charge in [0.05, 0.1) is 44.6 Å². The molecule has 13 nitrogen and oxygen atoms in total. The number of nitrogens with two attached hydrogens (primary N) is 2. The molecule has 1 aliphatic heterocycles. The molecule has 136 heavy (non-hydrogen) atoms. The fourth-order valence-corrected chi connectivity index (χ4v) is 12.4. The molecular formula is C122H186ClN7O6. The summed E-state index contributed by atoms with van der Waals surface area (Å²) in [6.07, 6.45) is 3.70. The largest absolute Gasteiger partial charge is 0.506 e. The Balaban J connectivity index is -0.000000224. The minimum atomic E-state index is -0.505. The molecule has 0 saturated carbocycles. The van der Waals surface area contributed by atoms with Gasteiger partial charge in [-0.3, -0.25) is 9.88 Å². The summed E-state index contributed by atoms with van der Waals surface area (Å²) >= 11 is 5.79. The molecule has 752 valence electrons. The molecule has 1 aliphatic rings.